The van der Waals surface area contributed by atoms with Gasteiger partial charge in [0.05, 0.1) is 11.8 Å². The van der Waals surface area contributed by atoms with Crippen LogP contribution in [0.4, 0.5) is 10.1 Å². The van der Waals surface area contributed by atoms with Gasteiger partial charge in [-0.25, -0.2) is 9.40 Å². The summed E-state index contributed by atoms with van der Waals surface area (Å²) in [4.78, 5) is 29.6. The Bertz CT molecular complexity index is 1380. The highest BCUT2D eigenvalue weighted by atomic mass is 35.5. The first-order valence-electron chi connectivity index (χ1n) is 11.4. The van der Waals surface area contributed by atoms with E-state index in [9.17, 15) is 14.0 Å². The maximum Gasteiger partial charge on any atom is 0.262 e. The standard InChI is InChI=1S/C27H22ClFN4O2S/c1-16-7-12-20(13-21(16)28)30-25(34)15-24-26(35)31-27(36-24)33-23(18-8-10-19(29)11-9-18)14-22(32-33)17-5-3-2-4-6-17/h2-13,23-24H,14-15H2,1H3,(H,30,34)/t23-,24-/m0/s1. The summed E-state index contributed by atoms with van der Waals surface area (Å²) in [6.45, 7) is 1.88. The molecule has 6 nitrogen and oxygen atoms in total. The monoisotopic (exact) mass is 520 g/mol. The number of aryl methyl sites for hydroxylation is 1. The van der Waals surface area contributed by atoms with E-state index in [4.69, 9.17) is 16.7 Å². The van der Waals surface area contributed by atoms with Crippen LogP contribution >= 0.6 is 23.4 Å². The van der Waals surface area contributed by atoms with Crippen LogP contribution in [0, 0.1) is 12.7 Å². The Labute approximate surface area is 217 Å². The minimum atomic E-state index is -0.661. The molecular weight excluding hydrogens is 499 g/mol. The lowest BCUT2D eigenvalue weighted by Crippen LogP contribution is -2.25. The third-order valence-electron chi connectivity index (χ3n) is 6.02. The van der Waals surface area contributed by atoms with Crippen molar-refractivity contribution in [3.05, 3.63) is 100 Å². The Balaban J connectivity index is 1.33. The first-order chi connectivity index (χ1) is 17.4. The molecular formula is C27H22ClFN4O2S. The Hall–Kier alpha value is -3.49. The lowest BCUT2D eigenvalue weighted by Gasteiger charge is -2.23. The van der Waals surface area contributed by atoms with E-state index >= 15 is 0 Å². The van der Waals surface area contributed by atoms with E-state index in [1.807, 2.05) is 43.3 Å². The van der Waals surface area contributed by atoms with Crippen LogP contribution < -0.4 is 5.32 Å². The van der Waals surface area contributed by atoms with Crippen LogP contribution in [0.1, 0.15) is 35.6 Å². The molecule has 9 heteroatoms. The van der Waals surface area contributed by atoms with E-state index in [1.165, 1.54) is 23.9 Å². The highest BCUT2D eigenvalue weighted by molar-refractivity contribution is 8.15. The summed E-state index contributed by atoms with van der Waals surface area (Å²) in [7, 11) is 0. The van der Waals surface area contributed by atoms with E-state index in [2.05, 4.69) is 10.3 Å². The second kappa shape index (κ2) is 10.2. The van der Waals surface area contributed by atoms with Gasteiger partial charge in [-0.2, -0.15) is 10.1 Å². The fourth-order valence-electron chi connectivity index (χ4n) is 4.09. The molecule has 0 saturated carbocycles. The number of thioether (sulfide) groups is 1. The average Bonchev–Trinajstić information content (AvgIpc) is 3.46. The molecule has 36 heavy (non-hydrogen) atoms. The number of amidine groups is 1. The zero-order chi connectivity index (χ0) is 25.2. The Kier molecular flexibility index (Phi) is 6.89. The summed E-state index contributed by atoms with van der Waals surface area (Å²) in [6.07, 6.45) is 0.537. The van der Waals surface area contributed by atoms with Crippen molar-refractivity contribution in [1.82, 2.24) is 5.01 Å². The van der Waals surface area contributed by atoms with Crippen molar-refractivity contribution in [2.45, 2.75) is 31.1 Å². The molecule has 3 aromatic carbocycles. The van der Waals surface area contributed by atoms with Gasteiger partial charge in [-0.1, -0.05) is 71.9 Å². The number of hydrogen-bond acceptors (Lipinski definition) is 5. The molecule has 0 radical (unpaired) electrons. The molecule has 0 unspecified atom stereocenters. The summed E-state index contributed by atoms with van der Waals surface area (Å²) >= 11 is 7.36. The van der Waals surface area contributed by atoms with Gasteiger partial charge < -0.3 is 5.32 Å². The molecule has 5 rings (SSSR count). The summed E-state index contributed by atoms with van der Waals surface area (Å²) in [5.74, 6) is -1.01. The molecule has 0 aliphatic carbocycles. The third kappa shape index (κ3) is 5.20. The molecule has 2 heterocycles. The topological polar surface area (TPSA) is 74.1 Å². The van der Waals surface area contributed by atoms with Crippen LogP contribution in [0.3, 0.4) is 0 Å². The lowest BCUT2D eigenvalue weighted by atomic mass is 9.99. The lowest BCUT2D eigenvalue weighted by molar-refractivity contribution is -0.121. The number of hydrogen-bond donors (Lipinski definition) is 1. The number of nitrogens with zero attached hydrogens (tertiary/aromatic N) is 3. The van der Waals surface area contributed by atoms with Gasteiger partial charge in [0, 0.05) is 23.6 Å². The van der Waals surface area contributed by atoms with Crippen LogP contribution in [0.2, 0.25) is 5.02 Å². The number of amides is 2. The van der Waals surface area contributed by atoms with Crippen molar-refractivity contribution in [2.75, 3.05) is 5.32 Å². The van der Waals surface area contributed by atoms with E-state index in [-0.39, 0.29) is 30.1 Å². The van der Waals surface area contributed by atoms with Crippen molar-refractivity contribution in [1.29, 1.82) is 0 Å². The molecule has 2 aliphatic rings. The number of rotatable bonds is 5. The predicted molar refractivity (Wildman–Crippen MR) is 142 cm³/mol. The molecule has 182 valence electrons. The van der Waals surface area contributed by atoms with Gasteiger partial charge in [0.2, 0.25) is 5.91 Å². The highest BCUT2D eigenvalue weighted by Crippen LogP contribution is 2.38. The Morgan fingerprint density at radius 1 is 1.14 bits per heavy atom. The molecule has 0 aromatic heterocycles. The molecule has 0 spiro atoms. The normalized spacial score (nSPS) is 19.3. The molecule has 1 N–H and O–H groups in total. The Morgan fingerprint density at radius 3 is 2.61 bits per heavy atom. The molecule has 2 aliphatic heterocycles. The van der Waals surface area contributed by atoms with Crippen LogP contribution in [0.5, 0.6) is 0 Å². The van der Waals surface area contributed by atoms with Crippen LogP contribution in [0.25, 0.3) is 0 Å². The van der Waals surface area contributed by atoms with Crippen molar-refractivity contribution in [3.8, 4) is 0 Å². The first kappa shape index (κ1) is 24.2. The fraction of sp³-hybridized carbons (Fsp3) is 0.185. The van der Waals surface area contributed by atoms with Crippen LogP contribution in [-0.2, 0) is 9.59 Å². The van der Waals surface area contributed by atoms with Crippen LogP contribution in [0.15, 0.2) is 82.9 Å². The molecule has 3 aromatic rings. The van der Waals surface area contributed by atoms with E-state index in [1.54, 1.807) is 29.3 Å². The van der Waals surface area contributed by atoms with Crippen molar-refractivity contribution >= 4 is 51.7 Å². The van der Waals surface area contributed by atoms with E-state index in [0.717, 1.165) is 22.4 Å². The second-order valence-corrected chi connectivity index (χ2v) is 10.2. The van der Waals surface area contributed by atoms with Crippen molar-refractivity contribution in [3.63, 3.8) is 0 Å². The number of hydrazone groups is 1. The number of benzene rings is 3. The van der Waals surface area contributed by atoms with E-state index < -0.39 is 5.25 Å². The first-order valence-corrected chi connectivity index (χ1v) is 12.7. The molecule has 2 amide bonds. The van der Waals surface area contributed by atoms with Gasteiger partial charge in [-0.05, 0) is 47.9 Å². The quantitative estimate of drug-likeness (QED) is 0.450. The minimum Gasteiger partial charge on any atom is -0.326 e. The maximum atomic E-state index is 13.6. The molecule has 2 atom stereocenters. The van der Waals surface area contributed by atoms with Crippen molar-refractivity contribution in [2.24, 2.45) is 10.1 Å². The highest BCUT2D eigenvalue weighted by Gasteiger charge is 2.39. The number of nitrogens with one attached hydrogen (secondary N) is 1. The summed E-state index contributed by atoms with van der Waals surface area (Å²) in [6, 6.07) is 21.0. The summed E-state index contributed by atoms with van der Waals surface area (Å²) in [5, 5.41) is 9.62. The van der Waals surface area contributed by atoms with Gasteiger partial charge in [0.15, 0.2) is 5.17 Å². The average molecular weight is 521 g/mol. The zero-order valence-corrected chi connectivity index (χ0v) is 20.9. The predicted octanol–water partition coefficient (Wildman–Crippen LogP) is 5.97. The minimum absolute atomic E-state index is 0.0354. The van der Waals surface area contributed by atoms with Gasteiger partial charge >= 0.3 is 0 Å². The number of anilines is 1. The van der Waals surface area contributed by atoms with Gasteiger partial charge in [0.25, 0.3) is 5.91 Å². The largest absolute Gasteiger partial charge is 0.326 e. The van der Waals surface area contributed by atoms with Crippen LogP contribution in [-0.4, -0.2) is 33.0 Å². The Morgan fingerprint density at radius 2 is 1.89 bits per heavy atom. The zero-order valence-electron chi connectivity index (χ0n) is 19.3. The number of aliphatic imine (C=N–C) groups is 1. The SMILES string of the molecule is Cc1ccc(NC(=O)C[C@@H]2SC(N3N=C(c4ccccc4)C[C@H]3c3ccc(F)cc3)=NC2=O)cc1Cl. The number of carbonyl (C=O) groups excluding carboxylic acids is 2. The fourth-order valence-corrected chi connectivity index (χ4v) is 5.33. The molecule has 0 bridgehead atoms. The smallest absolute Gasteiger partial charge is 0.262 e. The number of halogens is 2. The van der Waals surface area contributed by atoms with Gasteiger partial charge in [0.1, 0.15) is 11.1 Å². The van der Waals surface area contributed by atoms with Gasteiger partial charge in [-0.15, -0.1) is 0 Å². The molecule has 0 fully saturated rings. The summed E-state index contributed by atoms with van der Waals surface area (Å²) < 4.78 is 13.6. The number of carbonyl (C=O) groups is 2. The maximum absolute atomic E-state index is 13.6. The summed E-state index contributed by atoms with van der Waals surface area (Å²) in [5.41, 5.74) is 4.15. The molecule has 0 saturated heterocycles. The van der Waals surface area contributed by atoms with Gasteiger partial charge in [-0.3, -0.25) is 9.59 Å². The third-order valence-corrected chi connectivity index (χ3v) is 7.57. The van der Waals surface area contributed by atoms with Crippen molar-refractivity contribution < 1.29 is 14.0 Å². The van der Waals surface area contributed by atoms with E-state index in [0.29, 0.717) is 22.3 Å². The second-order valence-electron chi connectivity index (χ2n) is 8.58.